The lowest BCUT2D eigenvalue weighted by Crippen LogP contribution is -2.43. The molecule has 2 heterocycles. The lowest BCUT2D eigenvalue weighted by molar-refractivity contribution is -0.139. The predicted octanol–water partition coefficient (Wildman–Crippen LogP) is 1.85. The van der Waals surface area contributed by atoms with Crippen molar-refractivity contribution in [2.24, 2.45) is 5.92 Å². The third-order valence-electron chi connectivity index (χ3n) is 4.12. The topological polar surface area (TPSA) is 53.5 Å². The molecular formula is C17H23N3O2. The second-order valence-corrected chi connectivity index (χ2v) is 5.52. The van der Waals surface area contributed by atoms with Crippen molar-refractivity contribution in [2.75, 3.05) is 19.6 Å². The normalized spacial score (nSPS) is 15.4. The van der Waals surface area contributed by atoms with E-state index in [9.17, 15) is 9.59 Å². The zero-order valence-electron chi connectivity index (χ0n) is 13.1. The van der Waals surface area contributed by atoms with Crippen molar-refractivity contribution in [1.82, 2.24) is 14.8 Å². The fourth-order valence-corrected chi connectivity index (χ4v) is 2.79. The highest BCUT2D eigenvalue weighted by molar-refractivity contribution is 5.87. The first-order valence-corrected chi connectivity index (χ1v) is 7.74. The maximum Gasteiger partial charge on any atom is 0.245 e. The molecule has 2 amide bonds. The van der Waals surface area contributed by atoms with E-state index in [1.165, 1.54) is 6.08 Å². The van der Waals surface area contributed by atoms with Gasteiger partial charge >= 0.3 is 0 Å². The largest absolute Gasteiger partial charge is 0.339 e. The van der Waals surface area contributed by atoms with E-state index < -0.39 is 0 Å². The predicted molar refractivity (Wildman–Crippen MR) is 84.8 cm³/mol. The summed E-state index contributed by atoms with van der Waals surface area (Å²) in [5, 5.41) is 0. The molecule has 0 atom stereocenters. The number of hydrogen-bond donors (Lipinski definition) is 0. The summed E-state index contributed by atoms with van der Waals surface area (Å²) in [5.74, 6) is 0.135. The van der Waals surface area contributed by atoms with Crippen molar-refractivity contribution < 1.29 is 9.59 Å². The summed E-state index contributed by atoms with van der Waals surface area (Å²) < 4.78 is 0. The number of carbonyl (C=O) groups is 2. The van der Waals surface area contributed by atoms with Gasteiger partial charge in [0.25, 0.3) is 0 Å². The molecular weight excluding hydrogens is 278 g/mol. The summed E-state index contributed by atoms with van der Waals surface area (Å²) in [6, 6.07) is 3.86. The van der Waals surface area contributed by atoms with Gasteiger partial charge in [0, 0.05) is 44.5 Å². The molecule has 1 aliphatic heterocycles. The fourth-order valence-electron chi connectivity index (χ4n) is 2.79. The molecule has 0 aliphatic carbocycles. The van der Waals surface area contributed by atoms with Crippen molar-refractivity contribution in [2.45, 2.75) is 26.3 Å². The van der Waals surface area contributed by atoms with E-state index in [1.807, 2.05) is 24.0 Å². The van der Waals surface area contributed by atoms with E-state index in [4.69, 9.17) is 0 Å². The smallest absolute Gasteiger partial charge is 0.245 e. The van der Waals surface area contributed by atoms with E-state index in [-0.39, 0.29) is 17.7 Å². The molecule has 5 heteroatoms. The minimum atomic E-state index is -0.0476. The molecule has 0 aromatic carbocycles. The van der Waals surface area contributed by atoms with Gasteiger partial charge in [0.15, 0.2) is 0 Å². The summed E-state index contributed by atoms with van der Waals surface area (Å²) in [6.45, 7) is 8.03. The Labute approximate surface area is 131 Å². The van der Waals surface area contributed by atoms with E-state index in [1.54, 1.807) is 17.3 Å². The summed E-state index contributed by atoms with van der Waals surface area (Å²) in [4.78, 5) is 32.0. The van der Waals surface area contributed by atoms with Crippen LogP contribution in [-0.2, 0) is 16.1 Å². The van der Waals surface area contributed by atoms with Gasteiger partial charge in [-0.2, -0.15) is 0 Å². The minimum Gasteiger partial charge on any atom is -0.339 e. The minimum absolute atomic E-state index is 0.00508. The van der Waals surface area contributed by atoms with Gasteiger partial charge in [-0.1, -0.05) is 12.6 Å². The quantitative estimate of drug-likeness (QED) is 0.780. The molecule has 1 saturated heterocycles. The van der Waals surface area contributed by atoms with Crippen molar-refractivity contribution >= 4 is 11.8 Å². The van der Waals surface area contributed by atoms with Crippen LogP contribution in [0.1, 0.15) is 25.3 Å². The fraction of sp³-hybridized carbons (Fsp3) is 0.471. The number of piperidine rings is 1. The van der Waals surface area contributed by atoms with Crippen LogP contribution >= 0.6 is 0 Å². The van der Waals surface area contributed by atoms with E-state index in [0.717, 1.165) is 18.4 Å². The van der Waals surface area contributed by atoms with Gasteiger partial charge in [0.05, 0.1) is 0 Å². The highest BCUT2D eigenvalue weighted by atomic mass is 16.2. The number of carbonyl (C=O) groups excluding carboxylic acids is 2. The van der Waals surface area contributed by atoms with Crippen LogP contribution in [0.2, 0.25) is 0 Å². The molecule has 0 spiro atoms. The maximum absolute atomic E-state index is 12.7. The Bertz CT molecular complexity index is 522. The van der Waals surface area contributed by atoms with Gasteiger partial charge in [-0.25, -0.2) is 0 Å². The van der Waals surface area contributed by atoms with E-state index >= 15 is 0 Å². The van der Waals surface area contributed by atoms with Gasteiger partial charge in [-0.15, -0.1) is 0 Å². The monoisotopic (exact) mass is 301 g/mol. The molecule has 5 nitrogen and oxygen atoms in total. The third-order valence-corrected chi connectivity index (χ3v) is 4.12. The Hall–Kier alpha value is -2.17. The van der Waals surface area contributed by atoms with Crippen molar-refractivity contribution in [1.29, 1.82) is 0 Å². The summed E-state index contributed by atoms with van der Waals surface area (Å²) in [7, 11) is 0. The van der Waals surface area contributed by atoms with Crippen LogP contribution < -0.4 is 0 Å². The SMILES string of the molecule is C=CC(=O)N1CCC(C(=O)N(CC)Cc2cccnc2)CC1. The number of hydrogen-bond acceptors (Lipinski definition) is 3. The molecule has 22 heavy (non-hydrogen) atoms. The first kappa shape index (κ1) is 16.2. The number of rotatable bonds is 5. The molecule has 0 unspecified atom stereocenters. The Kier molecular flexibility index (Phi) is 5.69. The molecule has 2 rings (SSSR count). The van der Waals surface area contributed by atoms with Crippen LogP contribution in [0.4, 0.5) is 0 Å². The number of likely N-dealkylation sites (tertiary alicyclic amines) is 1. The molecule has 1 aliphatic rings. The van der Waals surface area contributed by atoms with Gasteiger partial charge in [0.2, 0.25) is 11.8 Å². The molecule has 1 fully saturated rings. The van der Waals surface area contributed by atoms with Gasteiger partial charge in [-0.05, 0) is 37.5 Å². The zero-order valence-corrected chi connectivity index (χ0v) is 13.1. The van der Waals surface area contributed by atoms with E-state index in [2.05, 4.69) is 11.6 Å². The van der Waals surface area contributed by atoms with Crippen LogP contribution in [0.25, 0.3) is 0 Å². The van der Waals surface area contributed by atoms with Gasteiger partial charge in [0.1, 0.15) is 0 Å². The standard InChI is InChI=1S/C17H23N3O2/c1-3-16(21)20-10-7-15(8-11-20)17(22)19(4-2)13-14-6-5-9-18-12-14/h3,5-6,9,12,15H,1,4,7-8,10-11,13H2,2H3. The number of amides is 2. The molecule has 118 valence electrons. The summed E-state index contributed by atoms with van der Waals surface area (Å²) >= 11 is 0. The van der Waals surface area contributed by atoms with Crippen molar-refractivity contribution in [3.8, 4) is 0 Å². The first-order chi connectivity index (χ1) is 10.7. The molecule has 1 aromatic heterocycles. The van der Waals surface area contributed by atoms with Crippen molar-refractivity contribution in [3.63, 3.8) is 0 Å². The average Bonchev–Trinajstić information content (AvgIpc) is 2.59. The van der Waals surface area contributed by atoms with Crippen LogP contribution in [-0.4, -0.2) is 46.2 Å². The third kappa shape index (κ3) is 3.93. The lowest BCUT2D eigenvalue weighted by Gasteiger charge is -2.33. The second kappa shape index (κ2) is 7.73. The molecule has 0 saturated carbocycles. The number of nitrogens with zero attached hydrogens (tertiary/aromatic N) is 3. The highest BCUT2D eigenvalue weighted by Gasteiger charge is 2.29. The molecule has 0 radical (unpaired) electrons. The number of aromatic nitrogens is 1. The molecule has 1 aromatic rings. The van der Waals surface area contributed by atoms with Crippen LogP contribution in [0.5, 0.6) is 0 Å². The summed E-state index contributed by atoms with van der Waals surface area (Å²) in [5.41, 5.74) is 1.04. The van der Waals surface area contributed by atoms with Gasteiger partial charge in [-0.3, -0.25) is 14.6 Å². The van der Waals surface area contributed by atoms with Gasteiger partial charge < -0.3 is 9.80 Å². The van der Waals surface area contributed by atoms with Crippen LogP contribution in [0.15, 0.2) is 37.2 Å². The lowest BCUT2D eigenvalue weighted by atomic mass is 9.95. The Morgan fingerprint density at radius 1 is 1.45 bits per heavy atom. The number of pyridine rings is 1. The molecule has 0 bridgehead atoms. The zero-order chi connectivity index (χ0) is 15.9. The first-order valence-electron chi connectivity index (χ1n) is 7.74. The molecule has 0 N–H and O–H groups in total. The Morgan fingerprint density at radius 2 is 2.18 bits per heavy atom. The second-order valence-electron chi connectivity index (χ2n) is 5.52. The van der Waals surface area contributed by atoms with E-state index in [0.29, 0.717) is 26.2 Å². The van der Waals surface area contributed by atoms with Crippen LogP contribution in [0, 0.1) is 5.92 Å². The Morgan fingerprint density at radius 3 is 2.73 bits per heavy atom. The Balaban J connectivity index is 1.92. The van der Waals surface area contributed by atoms with Crippen molar-refractivity contribution in [3.05, 3.63) is 42.7 Å². The van der Waals surface area contributed by atoms with Crippen LogP contribution in [0.3, 0.4) is 0 Å². The maximum atomic E-state index is 12.7. The average molecular weight is 301 g/mol. The highest BCUT2D eigenvalue weighted by Crippen LogP contribution is 2.21. The summed E-state index contributed by atoms with van der Waals surface area (Å²) in [6.07, 6.45) is 6.31.